The van der Waals surface area contributed by atoms with Gasteiger partial charge in [-0.1, -0.05) is 26.6 Å². The number of thiocarbonyl (C=S) groups is 1. The zero-order chi connectivity index (χ0) is 13.0. The molecule has 0 saturated carbocycles. The smallest absolute Gasteiger partial charge is 0.242 e. The Balaban J connectivity index is 4.09. The molecule has 96 valence electrons. The molecule has 5 heteroatoms. The van der Waals surface area contributed by atoms with Gasteiger partial charge in [0.15, 0.2) is 0 Å². The molecule has 0 radical (unpaired) electrons. The van der Waals surface area contributed by atoms with Gasteiger partial charge in [-0.15, -0.1) is 0 Å². The summed E-state index contributed by atoms with van der Waals surface area (Å²) in [6.07, 6.45) is 0.901. The second-order valence-corrected chi connectivity index (χ2v) is 15.9. The van der Waals surface area contributed by atoms with E-state index < -0.39 is 16.6 Å². The fraction of sp³-hybridized carbons (Fsp3) is 0.909. The monoisotopic (exact) mass is 277 g/mol. The molecule has 0 aliphatic carbocycles. The molecule has 16 heavy (non-hydrogen) atoms. The molecule has 0 atom stereocenters. The van der Waals surface area contributed by atoms with Gasteiger partial charge in [-0.3, -0.25) is 0 Å². The maximum absolute atomic E-state index is 5.80. The SMILES string of the molecule is CCN(CCC(=S)O[Si](C)(C)C)[Si](C)(C)C. The third-order valence-electron chi connectivity index (χ3n) is 2.34. The molecule has 0 rings (SSSR count). The van der Waals surface area contributed by atoms with E-state index in [9.17, 15) is 0 Å². The molecule has 0 aromatic carbocycles. The fourth-order valence-corrected chi connectivity index (χ4v) is 4.94. The predicted octanol–water partition coefficient (Wildman–Crippen LogP) is 3.71. The maximum atomic E-state index is 5.80. The van der Waals surface area contributed by atoms with Crippen LogP contribution in [0, 0.1) is 0 Å². The van der Waals surface area contributed by atoms with Crippen molar-refractivity contribution >= 4 is 33.8 Å². The van der Waals surface area contributed by atoms with Gasteiger partial charge in [-0.25, -0.2) is 0 Å². The fourth-order valence-electron chi connectivity index (χ4n) is 1.59. The van der Waals surface area contributed by atoms with Crippen molar-refractivity contribution in [1.29, 1.82) is 0 Å². The Labute approximate surface area is 109 Å². The summed E-state index contributed by atoms with van der Waals surface area (Å²) in [7, 11) is -2.68. The summed E-state index contributed by atoms with van der Waals surface area (Å²) in [4.78, 5) is 0. The minimum absolute atomic E-state index is 0.802. The number of rotatable bonds is 6. The highest BCUT2D eigenvalue weighted by Crippen LogP contribution is 2.11. The molecule has 0 fully saturated rings. The van der Waals surface area contributed by atoms with E-state index in [1.807, 2.05) is 0 Å². The van der Waals surface area contributed by atoms with E-state index >= 15 is 0 Å². The highest BCUT2D eigenvalue weighted by atomic mass is 32.1. The summed E-state index contributed by atoms with van der Waals surface area (Å²) in [6.45, 7) is 18.0. The Kier molecular flexibility index (Phi) is 6.39. The van der Waals surface area contributed by atoms with Gasteiger partial charge in [-0.2, -0.15) is 0 Å². The Morgan fingerprint density at radius 2 is 1.62 bits per heavy atom. The number of hydrogen-bond donors (Lipinski definition) is 0. The topological polar surface area (TPSA) is 12.5 Å². The van der Waals surface area contributed by atoms with Gasteiger partial charge >= 0.3 is 0 Å². The van der Waals surface area contributed by atoms with Crippen molar-refractivity contribution in [2.24, 2.45) is 0 Å². The molecule has 2 nitrogen and oxygen atoms in total. The second-order valence-electron chi connectivity index (χ2n) is 6.09. The molecule has 0 saturated heterocycles. The normalized spacial score (nSPS) is 13.0. The molecule has 0 amide bonds. The van der Waals surface area contributed by atoms with Gasteiger partial charge in [0.2, 0.25) is 8.32 Å². The zero-order valence-corrected chi connectivity index (χ0v) is 14.7. The summed E-state index contributed by atoms with van der Waals surface area (Å²) in [5.74, 6) is 0. The first kappa shape index (κ1) is 16.3. The van der Waals surface area contributed by atoms with Gasteiger partial charge in [0.1, 0.15) is 13.3 Å². The van der Waals surface area contributed by atoms with Gasteiger partial charge in [0.25, 0.3) is 0 Å². The van der Waals surface area contributed by atoms with Crippen molar-refractivity contribution in [2.45, 2.75) is 52.6 Å². The molecule has 0 aliphatic heterocycles. The highest BCUT2D eigenvalue weighted by molar-refractivity contribution is 7.80. The van der Waals surface area contributed by atoms with Crippen LogP contribution in [0.4, 0.5) is 0 Å². The molecule has 0 bridgehead atoms. The lowest BCUT2D eigenvalue weighted by molar-refractivity contribution is 0.442. The van der Waals surface area contributed by atoms with Crippen LogP contribution in [0.25, 0.3) is 0 Å². The average molecular weight is 278 g/mol. The first-order valence-electron chi connectivity index (χ1n) is 6.03. The van der Waals surface area contributed by atoms with E-state index in [4.69, 9.17) is 16.6 Å². The third kappa shape index (κ3) is 7.54. The van der Waals surface area contributed by atoms with Crippen LogP contribution in [-0.2, 0) is 4.43 Å². The van der Waals surface area contributed by atoms with Crippen LogP contribution in [0.3, 0.4) is 0 Å². The highest BCUT2D eigenvalue weighted by Gasteiger charge is 2.23. The largest absolute Gasteiger partial charge is 0.540 e. The van der Waals surface area contributed by atoms with Crippen LogP contribution in [0.15, 0.2) is 0 Å². The minimum atomic E-state index is -1.50. The third-order valence-corrected chi connectivity index (χ3v) is 6.07. The summed E-state index contributed by atoms with van der Waals surface area (Å²) in [5, 5.41) is 0.802. The quantitative estimate of drug-likeness (QED) is 0.542. The summed E-state index contributed by atoms with van der Waals surface area (Å²) in [6, 6.07) is 0. The summed E-state index contributed by atoms with van der Waals surface area (Å²) >= 11 is 5.29. The Morgan fingerprint density at radius 3 is 1.94 bits per heavy atom. The molecule has 0 aromatic heterocycles. The van der Waals surface area contributed by atoms with Crippen molar-refractivity contribution < 1.29 is 4.43 Å². The summed E-state index contributed by atoms with van der Waals surface area (Å²) < 4.78 is 8.37. The molecule has 0 aromatic rings. The number of hydrogen-bond acceptors (Lipinski definition) is 3. The molecule has 0 aliphatic rings. The van der Waals surface area contributed by atoms with Crippen molar-refractivity contribution in [3.8, 4) is 0 Å². The van der Waals surface area contributed by atoms with Crippen LogP contribution in [-0.4, -0.2) is 39.3 Å². The lowest BCUT2D eigenvalue weighted by Crippen LogP contribution is -2.47. The lowest BCUT2D eigenvalue weighted by atomic mass is 10.4. The number of nitrogens with zero attached hydrogens (tertiary/aromatic N) is 1. The lowest BCUT2D eigenvalue weighted by Gasteiger charge is -2.33. The average Bonchev–Trinajstić information content (AvgIpc) is 1.98. The molecule has 0 N–H and O–H groups in total. The molecule has 0 unspecified atom stereocenters. The Bertz CT molecular complexity index is 233. The minimum Gasteiger partial charge on any atom is -0.540 e. The molecular formula is C11H27NOSSi2. The van der Waals surface area contributed by atoms with E-state index in [0.717, 1.165) is 24.6 Å². The van der Waals surface area contributed by atoms with Crippen LogP contribution >= 0.6 is 12.2 Å². The van der Waals surface area contributed by atoms with Crippen molar-refractivity contribution in [2.75, 3.05) is 13.1 Å². The van der Waals surface area contributed by atoms with Crippen LogP contribution < -0.4 is 0 Å². The van der Waals surface area contributed by atoms with E-state index in [1.54, 1.807) is 0 Å². The van der Waals surface area contributed by atoms with Gasteiger partial charge < -0.3 is 8.99 Å². The van der Waals surface area contributed by atoms with Crippen molar-refractivity contribution in [3.63, 3.8) is 0 Å². The van der Waals surface area contributed by atoms with Crippen molar-refractivity contribution in [3.05, 3.63) is 0 Å². The van der Waals surface area contributed by atoms with Crippen LogP contribution in [0.1, 0.15) is 13.3 Å². The van der Waals surface area contributed by atoms with E-state index in [-0.39, 0.29) is 0 Å². The second kappa shape index (κ2) is 6.28. The van der Waals surface area contributed by atoms with E-state index in [0.29, 0.717) is 0 Å². The summed E-state index contributed by atoms with van der Waals surface area (Å²) in [5.41, 5.74) is 0. The van der Waals surface area contributed by atoms with Crippen LogP contribution in [0.2, 0.25) is 39.3 Å². The van der Waals surface area contributed by atoms with E-state index in [2.05, 4.69) is 50.8 Å². The first-order valence-corrected chi connectivity index (χ1v) is 13.3. The first-order chi connectivity index (χ1) is 7.06. The van der Waals surface area contributed by atoms with Crippen LogP contribution in [0.5, 0.6) is 0 Å². The van der Waals surface area contributed by atoms with Gasteiger partial charge in [-0.05, 0) is 44.9 Å². The maximum Gasteiger partial charge on any atom is 0.242 e. The van der Waals surface area contributed by atoms with E-state index in [1.165, 1.54) is 0 Å². The van der Waals surface area contributed by atoms with Gasteiger partial charge in [0.05, 0.1) is 0 Å². The van der Waals surface area contributed by atoms with Gasteiger partial charge in [0, 0.05) is 6.42 Å². The Hall–Kier alpha value is 0.284. The predicted molar refractivity (Wildman–Crippen MR) is 82.2 cm³/mol. The Morgan fingerprint density at radius 1 is 1.12 bits per heavy atom. The molecular weight excluding hydrogens is 250 g/mol. The standard InChI is InChI=1S/C11H27NOSSi2/c1-8-12(15(2,3)4)10-9-11(14)13-16(5,6)7/h8-10H2,1-7H3. The molecule has 0 heterocycles. The zero-order valence-electron chi connectivity index (χ0n) is 11.9. The molecule has 0 spiro atoms. The van der Waals surface area contributed by atoms with Crippen molar-refractivity contribution in [1.82, 2.24) is 4.57 Å².